The van der Waals surface area contributed by atoms with Crippen molar-refractivity contribution >= 4 is 27.5 Å². The van der Waals surface area contributed by atoms with Gasteiger partial charge in [0.15, 0.2) is 0 Å². The van der Waals surface area contributed by atoms with Crippen molar-refractivity contribution in [3.05, 3.63) is 121 Å². The Morgan fingerprint density at radius 3 is 1.98 bits per heavy atom. The van der Waals surface area contributed by atoms with E-state index in [1.807, 2.05) is 32.0 Å². The van der Waals surface area contributed by atoms with Crippen LogP contribution in [0.4, 0.5) is 10.1 Å². The second-order valence-electron chi connectivity index (χ2n) is 10.7. The zero-order valence-corrected chi connectivity index (χ0v) is 25.7. The third-order valence-corrected chi connectivity index (χ3v) is 8.65. The van der Waals surface area contributed by atoms with Crippen molar-refractivity contribution in [2.75, 3.05) is 17.4 Å². The number of ether oxygens (including phenoxy) is 1. The smallest absolute Gasteiger partial charge is 0.264 e. The Kier molecular flexibility index (Phi) is 10.7. The van der Waals surface area contributed by atoms with Gasteiger partial charge in [-0.15, -0.1) is 0 Å². The monoisotopic (exact) mass is 617 g/mol. The SMILES string of the molecule is CC(C)CNC(=O)[C@H](C)N(Cc1ccccc1F)C(=O)CN(c1ccc(Oc2ccccc2)cc1)S(=O)(=O)c1ccccc1. The van der Waals surface area contributed by atoms with E-state index in [0.29, 0.717) is 18.0 Å². The molecule has 0 aromatic heterocycles. The molecule has 0 aliphatic carbocycles. The number of nitrogens with one attached hydrogen (secondary N) is 1. The lowest BCUT2D eigenvalue weighted by atomic mass is 10.1. The number of hydrogen-bond acceptors (Lipinski definition) is 5. The number of carbonyl (C=O) groups excluding carboxylic acids is 2. The van der Waals surface area contributed by atoms with E-state index in [9.17, 15) is 22.4 Å². The van der Waals surface area contributed by atoms with E-state index in [4.69, 9.17) is 4.74 Å². The number of amides is 2. The fourth-order valence-corrected chi connectivity index (χ4v) is 5.83. The number of halogens is 1. The fraction of sp³-hybridized carbons (Fsp3) is 0.235. The third kappa shape index (κ3) is 8.23. The van der Waals surface area contributed by atoms with Crippen LogP contribution in [0.3, 0.4) is 0 Å². The van der Waals surface area contributed by atoms with Crippen LogP contribution >= 0.6 is 0 Å². The quantitative estimate of drug-likeness (QED) is 0.199. The molecule has 0 fully saturated rings. The number of sulfonamides is 1. The number of anilines is 1. The molecule has 1 N–H and O–H groups in total. The Morgan fingerprint density at radius 2 is 1.36 bits per heavy atom. The van der Waals surface area contributed by atoms with Gasteiger partial charge in [0.2, 0.25) is 11.8 Å². The van der Waals surface area contributed by atoms with Gasteiger partial charge in [-0.25, -0.2) is 12.8 Å². The number of nitrogens with zero attached hydrogens (tertiary/aromatic N) is 2. The summed E-state index contributed by atoms with van der Waals surface area (Å²) in [5.74, 6) is -0.393. The zero-order valence-electron chi connectivity index (χ0n) is 24.9. The topological polar surface area (TPSA) is 96.0 Å². The molecule has 0 saturated heterocycles. The highest BCUT2D eigenvalue weighted by Crippen LogP contribution is 2.28. The predicted octanol–water partition coefficient (Wildman–Crippen LogP) is 6.00. The van der Waals surface area contributed by atoms with E-state index < -0.39 is 40.2 Å². The molecule has 0 radical (unpaired) electrons. The highest BCUT2D eigenvalue weighted by molar-refractivity contribution is 7.92. The van der Waals surface area contributed by atoms with Crippen molar-refractivity contribution < 1.29 is 27.1 Å². The van der Waals surface area contributed by atoms with Gasteiger partial charge < -0.3 is 15.0 Å². The molecular weight excluding hydrogens is 581 g/mol. The second-order valence-corrected chi connectivity index (χ2v) is 12.5. The molecule has 8 nitrogen and oxygen atoms in total. The Morgan fingerprint density at radius 1 is 0.795 bits per heavy atom. The van der Waals surface area contributed by atoms with Gasteiger partial charge in [-0.05, 0) is 67.4 Å². The molecule has 230 valence electrons. The van der Waals surface area contributed by atoms with Gasteiger partial charge in [-0.2, -0.15) is 0 Å². The van der Waals surface area contributed by atoms with E-state index >= 15 is 0 Å². The van der Waals surface area contributed by atoms with Gasteiger partial charge in [0.25, 0.3) is 10.0 Å². The minimum absolute atomic E-state index is 0.0132. The summed E-state index contributed by atoms with van der Waals surface area (Å²) in [5.41, 5.74) is 0.412. The molecule has 0 spiro atoms. The average molecular weight is 618 g/mol. The van der Waals surface area contributed by atoms with E-state index in [-0.39, 0.29) is 28.6 Å². The van der Waals surface area contributed by atoms with Crippen molar-refractivity contribution in [1.82, 2.24) is 10.2 Å². The second kappa shape index (κ2) is 14.7. The van der Waals surface area contributed by atoms with Gasteiger partial charge in [0.05, 0.1) is 10.6 Å². The highest BCUT2D eigenvalue weighted by Gasteiger charge is 2.33. The predicted molar refractivity (Wildman–Crippen MR) is 168 cm³/mol. The zero-order chi connectivity index (χ0) is 31.7. The summed E-state index contributed by atoms with van der Waals surface area (Å²) in [6.45, 7) is 4.94. The maximum Gasteiger partial charge on any atom is 0.264 e. The van der Waals surface area contributed by atoms with Crippen LogP contribution in [-0.2, 0) is 26.2 Å². The molecule has 0 aliphatic heterocycles. The van der Waals surface area contributed by atoms with Crippen molar-refractivity contribution in [2.45, 2.75) is 38.3 Å². The molecule has 4 rings (SSSR count). The lowest BCUT2D eigenvalue weighted by Gasteiger charge is -2.32. The number of para-hydroxylation sites is 1. The molecule has 4 aromatic carbocycles. The van der Waals surface area contributed by atoms with Crippen LogP contribution in [0, 0.1) is 11.7 Å². The summed E-state index contributed by atoms with van der Waals surface area (Å²) >= 11 is 0. The van der Waals surface area contributed by atoms with Crippen LogP contribution in [-0.4, -0.2) is 44.3 Å². The summed E-state index contributed by atoms with van der Waals surface area (Å²) < 4.78 is 49.4. The first kappa shape index (κ1) is 32.2. The van der Waals surface area contributed by atoms with Crippen LogP contribution in [0.15, 0.2) is 114 Å². The average Bonchev–Trinajstić information content (AvgIpc) is 3.03. The molecule has 0 heterocycles. The molecule has 44 heavy (non-hydrogen) atoms. The first-order valence-electron chi connectivity index (χ1n) is 14.3. The third-order valence-electron chi connectivity index (χ3n) is 6.86. The van der Waals surface area contributed by atoms with Crippen LogP contribution in [0.2, 0.25) is 0 Å². The molecular formula is C34H36FN3O5S. The van der Waals surface area contributed by atoms with Crippen molar-refractivity contribution in [3.63, 3.8) is 0 Å². The first-order chi connectivity index (χ1) is 21.1. The standard InChI is InChI=1S/C34H36FN3O5S/c1-25(2)22-36-34(40)26(3)37(23-27-12-10-11-17-32(27)35)33(39)24-38(44(41,42)31-15-8-5-9-16-31)28-18-20-30(21-19-28)43-29-13-6-4-7-14-29/h4-21,25-26H,22-24H2,1-3H3,(H,36,40)/t26-/m0/s1. The van der Waals surface area contributed by atoms with Crippen molar-refractivity contribution in [2.24, 2.45) is 5.92 Å². The molecule has 2 amide bonds. The summed E-state index contributed by atoms with van der Waals surface area (Å²) in [7, 11) is -4.23. The fourth-order valence-electron chi connectivity index (χ4n) is 4.40. The minimum Gasteiger partial charge on any atom is -0.457 e. The Hall–Kier alpha value is -4.70. The summed E-state index contributed by atoms with van der Waals surface area (Å²) in [4.78, 5) is 28.3. The number of rotatable bonds is 13. The molecule has 1 atom stereocenters. The lowest BCUT2D eigenvalue weighted by molar-refractivity contribution is -0.139. The molecule has 0 unspecified atom stereocenters. The molecule has 10 heteroatoms. The normalized spacial score (nSPS) is 11.9. The number of hydrogen-bond donors (Lipinski definition) is 1. The lowest BCUT2D eigenvalue weighted by Crippen LogP contribution is -2.51. The van der Waals surface area contributed by atoms with Crippen LogP contribution < -0.4 is 14.4 Å². The van der Waals surface area contributed by atoms with Gasteiger partial charge >= 0.3 is 0 Å². The van der Waals surface area contributed by atoms with Crippen LogP contribution in [0.1, 0.15) is 26.3 Å². The Bertz CT molecular complexity index is 1650. The van der Waals surface area contributed by atoms with Gasteiger partial charge in [-0.1, -0.05) is 68.4 Å². The van der Waals surface area contributed by atoms with E-state index in [1.54, 1.807) is 67.6 Å². The van der Waals surface area contributed by atoms with Crippen molar-refractivity contribution in [3.8, 4) is 11.5 Å². The van der Waals surface area contributed by atoms with Gasteiger partial charge in [0, 0.05) is 18.7 Å². The van der Waals surface area contributed by atoms with Crippen LogP contribution in [0.5, 0.6) is 11.5 Å². The highest BCUT2D eigenvalue weighted by atomic mass is 32.2. The Labute approximate surface area is 258 Å². The molecule has 4 aromatic rings. The molecule has 0 saturated carbocycles. The molecule has 0 aliphatic rings. The summed E-state index contributed by atoms with van der Waals surface area (Å²) in [5, 5.41) is 2.81. The van der Waals surface area contributed by atoms with Crippen molar-refractivity contribution in [1.29, 1.82) is 0 Å². The van der Waals surface area contributed by atoms with E-state index in [1.165, 1.54) is 35.2 Å². The maximum atomic E-state index is 14.7. The van der Waals surface area contributed by atoms with Gasteiger partial charge in [-0.3, -0.25) is 13.9 Å². The largest absolute Gasteiger partial charge is 0.457 e. The number of benzene rings is 4. The molecule has 0 bridgehead atoms. The minimum atomic E-state index is -4.23. The van der Waals surface area contributed by atoms with E-state index in [0.717, 1.165) is 4.31 Å². The first-order valence-corrected chi connectivity index (χ1v) is 15.7. The van der Waals surface area contributed by atoms with Gasteiger partial charge in [0.1, 0.15) is 29.9 Å². The summed E-state index contributed by atoms with van der Waals surface area (Å²) in [6, 6.07) is 28.2. The maximum absolute atomic E-state index is 14.7. The number of carbonyl (C=O) groups is 2. The van der Waals surface area contributed by atoms with Crippen LogP contribution in [0.25, 0.3) is 0 Å². The van der Waals surface area contributed by atoms with E-state index in [2.05, 4.69) is 5.32 Å². The Balaban J connectivity index is 1.69. The summed E-state index contributed by atoms with van der Waals surface area (Å²) in [6.07, 6.45) is 0.